The number of nitrogens with one attached hydrogen (secondary N) is 2. The van der Waals surface area contributed by atoms with E-state index in [-0.39, 0.29) is 17.7 Å². The number of benzene rings is 3. The molecule has 12 heteroatoms. The van der Waals surface area contributed by atoms with Crippen molar-refractivity contribution in [2.75, 3.05) is 5.32 Å². The van der Waals surface area contributed by atoms with Gasteiger partial charge in [-0.15, -0.1) is 13.2 Å². The molecule has 0 saturated carbocycles. The van der Waals surface area contributed by atoms with E-state index >= 15 is 0 Å². The Hall–Kier alpha value is -4.19. The van der Waals surface area contributed by atoms with Crippen molar-refractivity contribution in [3.63, 3.8) is 0 Å². The predicted octanol–water partition coefficient (Wildman–Crippen LogP) is 7.54. The number of anilines is 1. The third kappa shape index (κ3) is 7.47. The van der Waals surface area contributed by atoms with Gasteiger partial charge in [-0.2, -0.15) is 5.10 Å². The van der Waals surface area contributed by atoms with Gasteiger partial charge in [0, 0.05) is 24.3 Å². The van der Waals surface area contributed by atoms with Gasteiger partial charge in [0.1, 0.15) is 23.3 Å². The van der Waals surface area contributed by atoms with E-state index < -0.39 is 12.5 Å². The number of para-hydroxylation sites is 1. The molecule has 8 nitrogen and oxygen atoms in total. The summed E-state index contributed by atoms with van der Waals surface area (Å²) in [6.45, 7) is 5.93. The smallest absolute Gasteiger partial charge is 0.484 e. The van der Waals surface area contributed by atoms with Crippen LogP contribution in [0.2, 0.25) is 0 Å². The molecule has 0 aliphatic rings. The Morgan fingerprint density at radius 3 is 2.45 bits per heavy atom. The molecule has 4 aromatic rings. The van der Waals surface area contributed by atoms with Gasteiger partial charge in [-0.3, -0.25) is 9.40 Å². The molecule has 40 heavy (non-hydrogen) atoms. The number of carbonyl (C=O) groups excluding carboxylic acids is 1. The van der Waals surface area contributed by atoms with Gasteiger partial charge in [0.25, 0.3) is 0 Å². The van der Waals surface area contributed by atoms with E-state index in [0.717, 1.165) is 39.9 Å². The highest BCUT2D eigenvalue weighted by Crippen LogP contribution is 2.30. The van der Waals surface area contributed by atoms with Gasteiger partial charge in [-0.1, -0.05) is 44.2 Å². The number of urea groups is 1. The number of hydrogen-bond acceptors (Lipinski definition) is 6. The zero-order valence-corrected chi connectivity index (χ0v) is 23.0. The van der Waals surface area contributed by atoms with Crippen LogP contribution in [0, 0.1) is 0 Å². The van der Waals surface area contributed by atoms with Crippen molar-refractivity contribution in [3.8, 4) is 11.5 Å². The largest absolute Gasteiger partial charge is 0.573 e. The normalized spacial score (nSPS) is 12.6. The van der Waals surface area contributed by atoms with Gasteiger partial charge in [0.05, 0.1) is 17.7 Å². The number of alkyl halides is 3. The number of fused-ring (bicyclic) bond motifs is 1. The number of carbonyl (C=O) groups is 1. The fourth-order valence-corrected chi connectivity index (χ4v) is 4.44. The minimum atomic E-state index is -4.75. The molecule has 210 valence electrons. The van der Waals surface area contributed by atoms with Crippen LogP contribution in [-0.4, -0.2) is 28.4 Å². The Balaban J connectivity index is 1.36. The standard InChI is InChI=1S/C28H28F3N5O3S/c1-17(2)22-7-5-6-8-24(22)33-27(37)35-40-32-16-19-9-14-23-25(15-19)36(4)34-26(23)18(3)38-20-10-12-21(13-11-20)39-28(29,30)31/h5-18H,1-4H3,(H2,33,35,37)/b32-16+. The van der Waals surface area contributed by atoms with Crippen molar-refractivity contribution in [2.24, 2.45) is 11.4 Å². The minimum Gasteiger partial charge on any atom is -0.484 e. The van der Waals surface area contributed by atoms with Gasteiger partial charge in [0.15, 0.2) is 0 Å². The SMILES string of the molecule is CC(C)c1ccccc1NC(=O)NS/N=C/c1ccc2c(C(C)Oc3ccc(OC(F)(F)F)cc3)nn(C)c2c1. The van der Waals surface area contributed by atoms with E-state index in [1.807, 2.05) is 49.4 Å². The number of aryl methyl sites for hydroxylation is 1. The lowest BCUT2D eigenvalue weighted by Gasteiger charge is -2.14. The molecule has 0 spiro atoms. The molecule has 0 saturated heterocycles. The van der Waals surface area contributed by atoms with Crippen LogP contribution < -0.4 is 19.5 Å². The van der Waals surface area contributed by atoms with Crippen LogP contribution in [0.15, 0.2) is 71.1 Å². The molecule has 0 aliphatic heterocycles. The highest BCUT2D eigenvalue weighted by atomic mass is 32.2. The summed E-state index contributed by atoms with van der Waals surface area (Å²) < 4.78 is 55.6. The monoisotopic (exact) mass is 571 g/mol. The van der Waals surface area contributed by atoms with Crippen molar-refractivity contribution in [1.82, 2.24) is 14.5 Å². The third-order valence-corrected chi connectivity index (χ3v) is 6.37. The quantitative estimate of drug-likeness (QED) is 0.160. The van der Waals surface area contributed by atoms with Crippen LogP contribution in [0.4, 0.5) is 23.7 Å². The number of aromatic nitrogens is 2. The summed E-state index contributed by atoms with van der Waals surface area (Å²) in [5.41, 5.74) is 4.11. The van der Waals surface area contributed by atoms with Crippen LogP contribution in [0.3, 0.4) is 0 Å². The van der Waals surface area contributed by atoms with Gasteiger partial charge < -0.3 is 14.8 Å². The number of ether oxygens (including phenoxy) is 2. The molecule has 4 rings (SSSR count). The van der Waals surface area contributed by atoms with E-state index in [0.29, 0.717) is 11.4 Å². The van der Waals surface area contributed by atoms with Crippen molar-refractivity contribution >= 4 is 41.0 Å². The molecule has 0 bridgehead atoms. The first-order valence-electron chi connectivity index (χ1n) is 12.3. The average Bonchev–Trinajstić information content (AvgIpc) is 3.23. The molecule has 2 amide bonds. The second-order valence-corrected chi connectivity index (χ2v) is 9.79. The zero-order valence-electron chi connectivity index (χ0n) is 22.2. The number of hydrogen-bond donors (Lipinski definition) is 2. The van der Waals surface area contributed by atoms with Crippen molar-refractivity contribution < 1.29 is 27.4 Å². The molecule has 0 radical (unpaired) electrons. The van der Waals surface area contributed by atoms with Crippen molar-refractivity contribution in [3.05, 3.63) is 83.6 Å². The summed E-state index contributed by atoms with van der Waals surface area (Å²) in [7, 11) is 1.80. The Morgan fingerprint density at radius 2 is 1.75 bits per heavy atom. The molecule has 0 fully saturated rings. The molecule has 1 unspecified atom stereocenters. The lowest BCUT2D eigenvalue weighted by Crippen LogP contribution is -2.23. The molecule has 1 aromatic heterocycles. The lowest BCUT2D eigenvalue weighted by molar-refractivity contribution is -0.274. The first kappa shape index (κ1) is 28.8. The van der Waals surface area contributed by atoms with Crippen molar-refractivity contribution in [2.45, 2.75) is 39.2 Å². The van der Waals surface area contributed by atoms with Crippen LogP contribution in [0.5, 0.6) is 11.5 Å². The topological polar surface area (TPSA) is 89.8 Å². The second kappa shape index (κ2) is 12.3. The lowest BCUT2D eigenvalue weighted by atomic mass is 10.0. The van der Waals surface area contributed by atoms with Crippen LogP contribution in [0.1, 0.15) is 49.6 Å². The molecule has 0 aliphatic carbocycles. The summed E-state index contributed by atoms with van der Waals surface area (Å²) in [5.74, 6) is 0.328. The fraction of sp³-hybridized carbons (Fsp3) is 0.250. The van der Waals surface area contributed by atoms with Gasteiger partial charge in [0.2, 0.25) is 0 Å². The Labute approximate surface area is 233 Å². The van der Waals surface area contributed by atoms with Gasteiger partial charge in [-0.25, -0.2) is 9.19 Å². The molecular weight excluding hydrogens is 543 g/mol. The maximum absolute atomic E-state index is 12.4. The van der Waals surface area contributed by atoms with Crippen LogP contribution >= 0.6 is 12.1 Å². The Morgan fingerprint density at radius 1 is 1.05 bits per heavy atom. The molecule has 3 aromatic carbocycles. The van der Waals surface area contributed by atoms with Crippen LogP contribution in [0.25, 0.3) is 10.9 Å². The molecular formula is C28H28F3N5O3S. The first-order valence-corrected chi connectivity index (χ1v) is 13.1. The highest BCUT2D eigenvalue weighted by molar-refractivity contribution is 7.96. The number of amides is 2. The van der Waals surface area contributed by atoms with Crippen LogP contribution in [-0.2, 0) is 7.05 Å². The summed E-state index contributed by atoms with van der Waals surface area (Å²) in [6, 6.07) is 18.1. The highest BCUT2D eigenvalue weighted by Gasteiger charge is 2.31. The van der Waals surface area contributed by atoms with Gasteiger partial charge >= 0.3 is 12.4 Å². The minimum absolute atomic E-state index is 0.271. The van der Waals surface area contributed by atoms with Crippen molar-refractivity contribution in [1.29, 1.82) is 0 Å². The molecule has 1 atom stereocenters. The maximum Gasteiger partial charge on any atom is 0.573 e. The summed E-state index contributed by atoms with van der Waals surface area (Å²) >= 11 is 0.908. The van der Waals surface area contributed by atoms with E-state index in [2.05, 4.69) is 38.1 Å². The summed E-state index contributed by atoms with van der Waals surface area (Å²) in [6.07, 6.45) is -3.60. The third-order valence-electron chi connectivity index (χ3n) is 5.88. The van der Waals surface area contributed by atoms with E-state index in [1.54, 1.807) is 17.9 Å². The maximum atomic E-state index is 12.4. The van der Waals surface area contributed by atoms with E-state index in [1.165, 1.54) is 24.3 Å². The molecule has 2 N–H and O–H groups in total. The number of nitrogens with zero attached hydrogens (tertiary/aromatic N) is 3. The van der Waals surface area contributed by atoms with E-state index in [4.69, 9.17) is 4.74 Å². The fourth-order valence-electron chi connectivity index (χ4n) is 4.08. The molecule has 1 heterocycles. The zero-order chi connectivity index (χ0) is 28.9. The predicted molar refractivity (Wildman–Crippen MR) is 151 cm³/mol. The first-order chi connectivity index (χ1) is 19.0. The average molecular weight is 572 g/mol. The van der Waals surface area contributed by atoms with E-state index in [9.17, 15) is 18.0 Å². The second-order valence-electron chi connectivity index (χ2n) is 9.19. The summed E-state index contributed by atoms with van der Waals surface area (Å²) in [5, 5.41) is 8.28. The van der Waals surface area contributed by atoms with Gasteiger partial charge in [-0.05, 0) is 60.4 Å². The summed E-state index contributed by atoms with van der Waals surface area (Å²) in [4.78, 5) is 12.3. The number of rotatable bonds is 9. The Bertz CT molecular complexity index is 1500. The Kier molecular flexibility index (Phi) is 8.88. The number of halogens is 3.